The van der Waals surface area contributed by atoms with Crippen LogP contribution in [0.15, 0.2) is 30.3 Å². The molecule has 0 N–H and O–H groups in total. The molecule has 1 aromatic rings. The first-order chi connectivity index (χ1) is 9.40. The molecule has 1 heterocycles. The fraction of sp³-hybridized carbons (Fsp3) is 0.647. The number of benzene rings is 1. The number of hydrogen-bond donors (Lipinski definition) is 0. The molecule has 1 saturated heterocycles. The predicted molar refractivity (Wildman–Crippen MR) is 78.0 cm³/mol. The Balaban J connectivity index is 1.60. The van der Waals surface area contributed by atoms with E-state index in [1.54, 1.807) is 0 Å². The molecule has 0 spiro atoms. The quantitative estimate of drug-likeness (QED) is 0.623. The van der Waals surface area contributed by atoms with Gasteiger partial charge in [0.1, 0.15) is 6.10 Å². The van der Waals surface area contributed by atoms with E-state index in [4.69, 9.17) is 9.47 Å². The highest BCUT2D eigenvalue weighted by Gasteiger charge is 2.26. The van der Waals surface area contributed by atoms with Gasteiger partial charge in [0.2, 0.25) is 0 Å². The highest BCUT2D eigenvalue weighted by atomic mass is 16.7. The summed E-state index contributed by atoms with van der Waals surface area (Å²) in [5.74, 6) is 0. The van der Waals surface area contributed by atoms with Crippen molar-refractivity contribution in [2.75, 3.05) is 6.61 Å². The van der Waals surface area contributed by atoms with Gasteiger partial charge < -0.3 is 9.47 Å². The van der Waals surface area contributed by atoms with E-state index < -0.39 is 0 Å². The summed E-state index contributed by atoms with van der Waals surface area (Å²) in [6.45, 7) is 2.95. The smallest absolute Gasteiger partial charge is 0.158 e. The van der Waals surface area contributed by atoms with Crippen LogP contribution in [0.2, 0.25) is 0 Å². The van der Waals surface area contributed by atoms with Gasteiger partial charge in [-0.15, -0.1) is 0 Å². The van der Waals surface area contributed by atoms with E-state index in [0.29, 0.717) is 6.61 Å². The van der Waals surface area contributed by atoms with Gasteiger partial charge >= 0.3 is 0 Å². The van der Waals surface area contributed by atoms with E-state index in [1.807, 2.05) is 6.07 Å². The van der Waals surface area contributed by atoms with Crippen molar-refractivity contribution in [3.8, 4) is 0 Å². The molecule has 2 nitrogen and oxygen atoms in total. The summed E-state index contributed by atoms with van der Waals surface area (Å²) in [5, 5.41) is 0. The Bertz CT molecular complexity index is 336. The van der Waals surface area contributed by atoms with Crippen molar-refractivity contribution in [1.29, 1.82) is 0 Å². The van der Waals surface area contributed by atoms with E-state index in [2.05, 4.69) is 31.2 Å². The first kappa shape index (κ1) is 14.5. The zero-order valence-electron chi connectivity index (χ0n) is 12.0. The Kier molecular flexibility index (Phi) is 6.38. The van der Waals surface area contributed by atoms with Gasteiger partial charge in [0.25, 0.3) is 0 Å². The number of ether oxygens (including phenoxy) is 2. The van der Waals surface area contributed by atoms with E-state index >= 15 is 0 Å². The van der Waals surface area contributed by atoms with Gasteiger partial charge in [-0.05, 0) is 18.4 Å². The number of hydrogen-bond acceptors (Lipinski definition) is 2. The molecule has 2 atom stereocenters. The Morgan fingerprint density at radius 3 is 2.53 bits per heavy atom. The first-order valence-electron chi connectivity index (χ1n) is 7.72. The molecule has 0 radical (unpaired) electrons. The molecule has 1 aromatic carbocycles. The topological polar surface area (TPSA) is 18.5 Å². The molecule has 0 saturated carbocycles. The van der Waals surface area contributed by atoms with Crippen molar-refractivity contribution in [1.82, 2.24) is 0 Å². The summed E-state index contributed by atoms with van der Waals surface area (Å²) in [6, 6.07) is 10.4. The van der Waals surface area contributed by atoms with Crippen molar-refractivity contribution >= 4 is 0 Å². The van der Waals surface area contributed by atoms with Crippen molar-refractivity contribution in [3.05, 3.63) is 35.9 Å². The minimum absolute atomic E-state index is 0.0105. The zero-order valence-corrected chi connectivity index (χ0v) is 12.0. The average Bonchev–Trinajstić information content (AvgIpc) is 2.92. The van der Waals surface area contributed by atoms with Gasteiger partial charge in [-0.25, -0.2) is 0 Å². The van der Waals surface area contributed by atoms with Gasteiger partial charge in [-0.3, -0.25) is 0 Å². The van der Waals surface area contributed by atoms with Crippen LogP contribution in [0, 0.1) is 0 Å². The molecular weight excluding hydrogens is 236 g/mol. The molecular formula is C17H26O2. The first-order valence-corrected chi connectivity index (χ1v) is 7.72. The fourth-order valence-corrected chi connectivity index (χ4v) is 2.54. The lowest BCUT2D eigenvalue weighted by atomic mass is 10.1. The fourth-order valence-electron chi connectivity index (χ4n) is 2.54. The summed E-state index contributed by atoms with van der Waals surface area (Å²) in [7, 11) is 0. The zero-order chi connectivity index (χ0) is 13.3. The molecule has 2 heteroatoms. The van der Waals surface area contributed by atoms with E-state index in [1.165, 1.54) is 44.1 Å². The molecule has 1 fully saturated rings. The van der Waals surface area contributed by atoms with Crippen LogP contribution in [0.25, 0.3) is 0 Å². The molecule has 0 amide bonds. The predicted octanol–water partition coefficient (Wildman–Crippen LogP) is 4.85. The van der Waals surface area contributed by atoms with Crippen LogP contribution in [0.3, 0.4) is 0 Å². The Hall–Kier alpha value is -0.860. The molecule has 1 aliphatic rings. The lowest BCUT2D eigenvalue weighted by Crippen LogP contribution is -2.07. The maximum absolute atomic E-state index is 5.95. The van der Waals surface area contributed by atoms with Crippen molar-refractivity contribution in [2.24, 2.45) is 0 Å². The highest BCUT2D eigenvalue weighted by Crippen LogP contribution is 2.28. The second-order valence-corrected chi connectivity index (χ2v) is 5.35. The van der Waals surface area contributed by atoms with Crippen LogP contribution < -0.4 is 0 Å². The second kappa shape index (κ2) is 8.34. The lowest BCUT2D eigenvalue weighted by Gasteiger charge is -2.11. The normalized spacial score (nSPS) is 22.8. The third-order valence-corrected chi connectivity index (χ3v) is 3.71. The number of rotatable bonds is 8. The summed E-state index contributed by atoms with van der Waals surface area (Å²) >= 11 is 0. The molecule has 0 aromatic heterocycles. The Morgan fingerprint density at radius 1 is 1.00 bits per heavy atom. The van der Waals surface area contributed by atoms with Crippen LogP contribution in [0.5, 0.6) is 0 Å². The minimum atomic E-state index is 0.0105. The minimum Gasteiger partial charge on any atom is -0.350 e. The van der Waals surface area contributed by atoms with Crippen molar-refractivity contribution in [3.63, 3.8) is 0 Å². The molecule has 106 valence electrons. The molecule has 2 rings (SSSR count). The standard InChI is InChI=1S/C17H26O2/c1-2-3-4-5-6-10-13-17-18-14-16(19-17)15-11-8-7-9-12-15/h7-9,11-12,16-17H,2-6,10,13-14H2,1H3. The highest BCUT2D eigenvalue weighted by molar-refractivity contribution is 5.18. The van der Waals surface area contributed by atoms with Gasteiger partial charge in [0.05, 0.1) is 6.61 Å². The summed E-state index contributed by atoms with van der Waals surface area (Å²) < 4.78 is 11.7. The summed E-state index contributed by atoms with van der Waals surface area (Å²) in [4.78, 5) is 0. The summed E-state index contributed by atoms with van der Waals surface area (Å²) in [5.41, 5.74) is 1.23. The molecule has 1 aliphatic heterocycles. The molecule has 2 unspecified atom stereocenters. The number of unbranched alkanes of at least 4 members (excludes halogenated alkanes) is 5. The Morgan fingerprint density at radius 2 is 1.74 bits per heavy atom. The molecule has 19 heavy (non-hydrogen) atoms. The Labute approximate surface area is 117 Å². The van der Waals surface area contributed by atoms with Crippen LogP contribution in [-0.2, 0) is 9.47 Å². The monoisotopic (exact) mass is 262 g/mol. The van der Waals surface area contributed by atoms with Crippen LogP contribution in [0.1, 0.15) is 63.5 Å². The van der Waals surface area contributed by atoms with Gasteiger partial charge in [0.15, 0.2) is 6.29 Å². The van der Waals surface area contributed by atoms with Crippen molar-refractivity contribution < 1.29 is 9.47 Å². The maximum atomic E-state index is 5.95. The largest absolute Gasteiger partial charge is 0.350 e. The van der Waals surface area contributed by atoms with Crippen molar-refractivity contribution in [2.45, 2.75) is 64.3 Å². The average molecular weight is 262 g/mol. The lowest BCUT2D eigenvalue weighted by molar-refractivity contribution is -0.0637. The third kappa shape index (κ3) is 4.96. The van der Waals surface area contributed by atoms with Crippen LogP contribution in [0.4, 0.5) is 0 Å². The summed E-state index contributed by atoms with van der Waals surface area (Å²) in [6.07, 6.45) is 9.10. The SMILES string of the molecule is CCCCCCCCC1OCC(c2ccccc2)O1. The third-order valence-electron chi connectivity index (χ3n) is 3.71. The van der Waals surface area contributed by atoms with E-state index in [9.17, 15) is 0 Å². The van der Waals surface area contributed by atoms with Crippen LogP contribution in [-0.4, -0.2) is 12.9 Å². The van der Waals surface area contributed by atoms with E-state index in [-0.39, 0.29) is 12.4 Å². The van der Waals surface area contributed by atoms with Crippen LogP contribution >= 0.6 is 0 Å². The van der Waals surface area contributed by atoms with Gasteiger partial charge in [-0.1, -0.05) is 69.4 Å². The van der Waals surface area contributed by atoms with E-state index in [0.717, 1.165) is 6.42 Å². The van der Waals surface area contributed by atoms with Gasteiger partial charge in [0, 0.05) is 0 Å². The second-order valence-electron chi connectivity index (χ2n) is 5.35. The maximum Gasteiger partial charge on any atom is 0.158 e. The molecule has 0 aliphatic carbocycles. The molecule has 0 bridgehead atoms. The van der Waals surface area contributed by atoms with Gasteiger partial charge in [-0.2, -0.15) is 0 Å².